The number of hydrogen-bond donors (Lipinski definition) is 2. The Kier molecular flexibility index (Phi) is 4.84. The standard InChI is InChI=1S/C12H16O3/c13-8-4-7-11(9-12(14)15)10-5-2-1-3-6-10/h1-3,5-6,11,13H,4,7-9H2,(H,14,15). The number of aliphatic hydroxyl groups excluding tert-OH is 1. The molecular weight excluding hydrogens is 192 g/mol. The number of benzene rings is 1. The number of aliphatic hydroxyl groups is 1. The zero-order valence-corrected chi connectivity index (χ0v) is 8.60. The number of rotatable bonds is 6. The van der Waals surface area contributed by atoms with Crippen LogP contribution in [0, 0.1) is 0 Å². The van der Waals surface area contributed by atoms with Crippen LogP contribution in [-0.4, -0.2) is 22.8 Å². The molecule has 0 aliphatic rings. The minimum absolute atomic E-state index is 0.0100. The summed E-state index contributed by atoms with van der Waals surface area (Å²) in [6.45, 7) is 0.114. The fraction of sp³-hybridized carbons (Fsp3) is 0.417. The number of aliphatic carboxylic acids is 1. The summed E-state index contributed by atoms with van der Waals surface area (Å²) in [4.78, 5) is 10.7. The second kappa shape index (κ2) is 6.19. The molecule has 0 aliphatic carbocycles. The fourth-order valence-corrected chi connectivity index (χ4v) is 1.66. The zero-order chi connectivity index (χ0) is 11.1. The third-order valence-electron chi connectivity index (χ3n) is 2.40. The summed E-state index contributed by atoms with van der Waals surface area (Å²) in [5.74, 6) is -0.780. The van der Waals surface area contributed by atoms with Gasteiger partial charge in [0.25, 0.3) is 0 Å². The monoisotopic (exact) mass is 208 g/mol. The fourth-order valence-electron chi connectivity index (χ4n) is 1.66. The van der Waals surface area contributed by atoms with E-state index >= 15 is 0 Å². The SMILES string of the molecule is O=C(O)CC(CCCO)c1ccccc1. The van der Waals surface area contributed by atoms with Crippen molar-refractivity contribution in [3.8, 4) is 0 Å². The van der Waals surface area contributed by atoms with E-state index in [2.05, 4.69) is 0 Å². The first-order chi connectivity index (χ1) is 7.24. The van der Waals surface area contributed by atoms with Crippen LogP contribution in [0.4, 0.5) is 0 Å². The third kappa shape index (κ3) is 4.13. The van der Waals surface area contributed by atoms with Crippen LogP contribution < -0.4 is 0 Å². The van der Waals surface area contributed by atoms with Crippen molar-refractivity contribution >= 4 is 5.97 Å². The lowest BCUT2D eigenvalue weighted by Gasteiger charge is -2.14. The van der Waals surface area contributed by atoms with Gasteiger partial charge in [-0.25, -0.2) is 0 Å². The summed E-state index contributed by atoms with van der Waals surface area (Å²) in [7, 11) is 0. The van der Waals surface area contributed by atoms with E-state index < -0.39 is 5.97 Å². The van der Waals surface area contributed by atoms with E-state index in [9.17, 15) is 4.79 Å². The van der Waals surface area contributed by atoms with E-state index in [4.69, 9.17) is 10.2 Å². The average molecular weight is 208 g/mol. The first-order valence-electron chi connectivity index (χ1n) is 5.11. The van der Waals surface area contributed by atoms with Gasteiger partial charge in [-0.2, -0.15) is 0 Å². The van der Waals surface area contributed by atoms with Gasteiger partial charge in [-0.3, -0.25) is 4.79 Å². The van der Waals surface area contributed by atoms with Crippen LogP contribution in [0.5, 0.6) is 0 Å². The van der Waals surface area contributed by atoms with Crippen LogP contribution in [0.3, 0.4) is 0 Å². The van der Waals surface area contributed by atoms with Crippen LogP contribution in [0.2, 0.25) is 0 Å². The van der Waals surface area contributed by atoms with E-state index in [1.54, 1.807) is 0 Å². The molecule has 1 atom stereocenters. The molecule has 1 aromatic carbocycles. The lowest BCUT2D eigenvalue weighted by atomic mass is 9.91. The molecule has 15 heavy (non-hydrogen) atoms. The molecule has 1 unspecified atom stereocenters. The van der Waals surface area contributed by atoms with Crippen molar-refractivity contribution in [1.29, 1.82) is 0 Å². The molecule has 1 rings (SSSR count). The molecule has 3 nitrogen and oxygen atoms in total. The second-order valence-corrected chi connectivity index (χ2v) is 3.57. The Bertz CT molecular complexity index is 295. The molecule has 0 heterocycles. The predicted molar refractivity (Wildman–Crippen MR) is 57.8 cm³/mol. The van der Waals surface area contributed by atoms with Crippen LogP contribution >= 0.6 is 0 Å². The Hall–Kier alpha value is -1.35. The number of carboxylic acids is 1. The molecule has 82 valence electrons. The molecule has 0 bridgehead atoms. The summed E-state index contributed by atoms with van der Waals surface area (Å²) >= 11 is 0. The van der Waals surface area contributed by atoms with Gasteiger partial charge in [-0.15, -0.1) is 0 Å². The van der Waals surface area contributed by atoms with Gasteiger partial charge in [-0.05, 0) is 24.3 Å². The highest BCUT2D eigenvalue weighted by Gasteiger charge is 2.14. The topological polar surface area (TPSA) is 57.5 Å². The minimum atomic E-state index is -0.790. The highest BCUT2D eigenvalue weighted by atomic mass is 16.4. The van der Waals surface area contributed by atoms with Crippen molar-refractivity contribution in [2.75, 3.05) is 6.61 Å². The molecule has 1 aromatic rings. The first kappa shape index (κ1) is 11.7. The highest BCUT2D eigenvalue weighted by Crippen LogP contribution is 2.24. The summed E-state index contributed by atoms with van der Waals surface area (Å²) in [6.07, 6.45) is 1.49. The van der Waals surface area contributed by atoms with Gasteiger partial charge in [-0.1, -0.05) is 30.3 Å². The molecule has 0 aliphatic heterocycles. The lowest BCUT2D eigenvalue weighted by Crippen LogP contribution is -2.07. The van der Waals surface area contributed by atoms with Gasteiger partial charge in [0.1, 0.15) is 0 Å². The predicted octanol–water partition coefficient (Wildman–Crippen LogP) is 2.02. The average Bonchev–Trinajstić information content (AvgIpc) is 2.25. The summed E-state index contributed by atoms with van der Waals surface area (Å²) in [5.41, 5.74) is 1.04. The van der Waals surface area contributed by atoms with Crippen molar-refractivity contribution < 1.29 is 15.0 Å². The van der Waals surface area contributed by atoms with Crippen LogP contribution in [-0.2, 0) is 4.79 Å². The Labute approximate surface area is 89.4 Å². The lowest BCUT2D eigenvalue weighted by molar-refractivity contribution is -0.137. The molecule has 0 amide bonds. The van der Waals surface area contributed by atoms with Crippen molar-refractivity contribution in [1.82, 2.24) is 0 Å². The van der Waals surface area contributed by atoms with Gasteiger partial charge in [0.2, 0.25) is 0 Å². The maximum absolute atomic E-state index is 10.7. The molecule has 0 spiro atoms. The van der Waals surface area contributed by atoms with E-state index in [0.29, 0.717) is 12.8 Å². The maximum Gasteiger partial charge on any atom is 0.303 e. The summed E-state index contributed by atoms with van der Waals surface area (Å²) < 4.78 is 0. The molecule has 0 radical (unpaired) electrons. The zero-order valence-electron chi connectivity index (χ0n) is 8.60. The summed E-state index contributed by atoms with van der Waals surface area (Å²) in [6, 6.07) is 9.59. The smallest absolute Gasteiger partial charge is 0.303 e. The number of carboxylic acid groups (broad SMARTS) is 1. The third-order valence-corrected chi connectivity index (χ3v) is 2.40. The number of hydrogen-bond acceptors (Lipinski definition) is 2. The Morgan fingerprint density at radius 3 is 2.47 bits per heavy atom. The van der Waals surface area contributed by atoms with Gasteiger partial charge in [0.15, 0.2) is 0 Å². The Morgan fingerprint density at radius 1 is 1.27 bits per heavy atom. The molecular formula is C12H16O3. The van der Waals surface area contributed by atoms with E-state index in [-0.39, 0.29) is 18.9 Å². The van der Waals surface area contributed by atoms with Crippen LogP contribution in [0.1, 0.15) is 30.7 Å². The van der Waals surface area contributed by atoms with Crippen LogP contribution in [0.15, 0.2) is 30.3 Å². The van der Waals surface area contributed by atoms with Gasteiger partial charge < -0.3 is 10.2 Å². The molecule has 2 N–H and O–H groups in total. The van der Waals surface area contributed by atoms with Crippen molar-refractivity contribution in [3.63, 3.8) is 0 Å². The molecule has 0 saturated heterocycles. The van der Waals surface area contributed by atoms with Crippen molar-refractivity contribution in [3.05, 3.63) is 35.9 Å². The quantitative estimate of drug-likeness (QED) is 0.752. The Balaban J connectivity index is 2.67. The van der Waals surface area contributed by atoms with Crippen molar-refractivity contribution in [2.45, 2.75) is 25.2 Å². The molecule has 0 aromatic heterocycles. The van der Waals surface area contributed by atoms with Gasteiger partial charge >= 0.3 is 5.97 Å². The van der Waals surface area contributed by atoms with Crippen LogP contribution in [0.25, 0.3) is 0 Å². The maximum atomic E-state index is 10.7. The molecule has 3 heteroatoms. The molecule has 0 saturated carbocycles. The van der Waals surface area contributed by atoms with Gasteiger partial charge in [0, 0.05) is 6.61 Å². The molecule has 0 fully saturated rings. The van der Waals surface area contributed by atoms with E-state index in [1.165, 1.54) is 0 Å². The second-order valence-electron chi connectivity index (χ2n) is 3.57. The normalized spacial score (nSPS) is 12.3. The minimum Gasteiger partial charge on any atom is -0.481 e. The summed E-state index contributed by atoms with van der Waals surface area (Å²) in [5, 5.41) is 17.5. The van der Waals surface area contributed by atoms with E-state index in [0.717, 1.165) is 5.56 Å². The van der Waals surface area contributed by atoms with E-state index in [1.807, 2.05) is 30.3 Å². The largest absolute Gasteiger partial charge is 0.481 e. The van der Waals surface area contributed by atoms with Gasteiger partial charge in [0.05, 0.1) is 6.42 Å². The van der Waals surface area contributed by atoms with Crippen molar-refractivity contribution in [2.24, 2.45) is 0 Å². The highest BCUT2D eigenvalue weighted by molar-refractivity contribution is 5.68. The Morgan fingerprint density at radius 2 is 1.93 bits per heavy atom. The first-order valence-corrected chi connectivity index (χ1v) is 5.11. The number of carbonyl (C=O) groups is 1.